The van der Waals surface area contributed by atoms with Crippen LogP contribution in [0, 0.1) is 17.2 Å². The van der Waals surface area contributed by atoms with Gasteiger partial charge >= 0.3 is 0 Å². The Hall–Kier alpha value is -3.97. The zero-order valence-corrected chi connectivity index (χ0v) is 20.5. The van der Waals surface area contributed by atoms with Crippen LogP contribution in [0.3, 0.4) is 0 Å². The van der Waals surface area contributed by atoms with Gasteiger partial charge in [-0.25, -0.2) is 14.7 Å². The summed E-state index contributed by atoms with van der Waals surface area (Å²) in [5.41, 5.74) is 7.19. The van der Waals surface area contributed by atoms with Crippen LogP contribution in [0.4, 0.5) is 11.6 Å². The molecule has 1 aromatic carbocycles. The number of benzene rings is 1. The topological polar surface area (TPSA) is 142 Å². The standard InChI is InChI=1S/C25H26N6O3S/c1-16-12-25(2,3)31(15-16)23-20(11-19(14-28-23)18-7-4-6-17(10-18)13-26)24(32)30-35(33,34)22-9-5-8-21(27)29-22/h4-11,14,16H,12,15H2,1-3H3,(H2,27,29)(H,30,32). The number of nitriles is 1. The van der Waals surface area contributed by atoms with E-state index in [0.29, 0.717) is 35.0 Å². The quantitative estimate of drug-likeness (QED) is 0.554. The zero-order valence-electron chi connectivity index (χ0n) is 19.7. The van der Waals surface area contributed by atoms with E-state index in [4.69, 9.17) is 5.73 Å². The normalized spacial score (nSPS) is 17.1. The molecule has 4 rings (SSSR count). The van der Waals surface area contributed by atoms with Crippen molar-refractivity contribution in [3.05, 3.63) is 65.9 Å². The fourth-order valence-corrected chi connectivity index (χ4v) is 5.48. The first kappa shape index (κ1) is 24.2. The molecule has 0 bridgehead atoms. The predicted molar refractivity (Wildman–Crippen MR) is 133 cm³/mol. The Morgan fingerprint density at radius 3 is 2.60 bits per heavy atom. The molecule has 1 atom stereocenters. The lowest BCUT2D eigenvalue weighted by Crippen LogP contribution is -2.41. The van der Waals surface area contributed by atoms with Crippen molar-refractivity contribution >= 4 is 27.6 Å². The van der Waals surface area contributed by atoms with Crippen LogP contribution in [0.5, 0.6) is 0 Å². The van der Waals surface area contributed by atoms with Crippen molar-refractivity contribution in [1.29, 1.82) is 5.26 Å². The number of hydrogen-bond donors (Lipinski definition) is 2. The zero-order chi connectivity index (χ0) is 25.4. The third kappa shape index (κ3) is 4.95. The van der Waals surface area contributed by atoms with Crippen LogP contribution >= 0.6 is 0 Å². The Bertz CT molecular complexity index is 1450. The number of nitrogen functional groups attached to an aromatic ring is 1. The number of hydrogen-bond acceptors (Lipinski definition) is 8. The van der Waals surface area contributed by atoms with Crippen LogP contribution in [0.25, 0.3) is 11.1 Å². The maximum absolute atomic E-state index is 13.4. The highest BCUT2D eigenvalue weighted by Gasteiger charge is 2.39. The summed E-state index contributed by atoms with van der Waals surface area (Å²) in [7, 11) is -4.28. The number of amides is 1. The molecular formula is C25H26N6O3S. The molecule has 35 heavy (non-hydrogen) atoms. The number of nitrogens with one attached hydrogen (secondary N) is 1. The number of rotatable bonds is 5. The molecule has 3 N–H and O–H groups in total. The van der Waals surface area contributed by atoms with E-state index in [-0.39, 0.29) is 21.9 Å². The average Bonchev–Trinajstić information content (AvgIpc) is 3.10. The van der Waals surface area contributed by atoms with Crippen LogP contribution in [0.2, 0.25) is 0 Å². The maximum Gasteiger partial charge on any atom is 0.281 e. The summed E-state index contributed by atoms with van der Waals surface area (Å²) < 4.78 is 27.9. The molecule has 0 spiro atoms. The van der Waals surface area contributed by atoms with Crippen LogP contribution in [0.15, 0.2) is 59.8 Å². The molecule has 1 saturated heterocycles. The van der Waals surface area contributed by atoms with E-state index in [2.05, 4.69) is 41.5 Å². The Labute approximate surface area is 204 Å². The minimum atomic E-state index is -4.28. The van der Waals surface area contributed by atoms with Crippen molar-refractivity contribution in [2.24, 2.45) is 5.92 Å². The van der Waals surface area contributed by atoms with Crippen molar-refractivity contribution < 1.29 is 13.2 Å². The average molecular weight is 491 g/mol. The van der Waals surface area contributed by atoms with Crippen LogP contribution < -0.4 is 15.4 Å². The molecule has 0 saturated carbocycles. The van der Waals surface area contributed by atoms with E-state index >= 15 is 0 Å². The Morgan fingerprint density at radius 1 is 1.20 bits per heavy atom. The first-order chi connectivity index (χ1) is 16.5. The van der Waals surface area contributed by atoms with Gasteiger partial charge in [-0.1, -0.05) is 25.1 Å². The van der Waals surface area contributed by atoms with E-state index in [1.54, 1.807) is 36.5 Å². The molecule has 0 radical (unpaired) electrons. The van der Waals surface area contributed by atoms with E-state index in [9.17, 15) is 18.5 Å². The number of sulfonamides is 1. The summed E-state index contributed by atoms with van der Waals surface area (Å²) in [6.07, 6.45) is 2.53. The van der Waals surface area contributed by atoms with Gasteiger partial charge in [0.15, 0.2) is 5.03 Å². The first-order valence-corrected chi connectivity index (χ1v) is 12.6. The second-order valence-electron chi connectivity index (χ2n) is 9.36. The van der Waals surface area contributed by atoms with Crippen molar-refractivity contribution in [2.45, 2.75) is 37.8 Å². The summed E-state index contributed by atoms with van der Waals surface area (Å²) >= 11 is 0. The van der Waals surface area contributed by atoms with Gasteiger partial charge in [0.2, 0.25) is 0 Å². The number of anilines is 2. The van der Waals surface area contributed by atoms with E-state index in [0.717, 1.165) is 6.42 Å². The van der Waals surface area contributed by atoms with E-state index in [1.165, 1.54) is 18.2 Å². The monoisotopic (exact) mass is 490 g/mol. The SMILES string of the molecule is CC1CN(c2ncc(-c3cccc(C#N)c3)cc2C(=O)NS(=O)(=O)c2cccc(N)n2)C(C)(C)C1. The van der Waals surface area contributed by atoms with Gasteiger partial charge in [0.05, 0.1) is 17.2 Å². The van der Waals surface area contributed by atoms with Crippen LogP contribution in [-0.2, 0) is 10.0 Å². The molecule has 1 fully saturated rings. The van der Waals surface area contributed by atoms with Crippen LogP contribution in [0.1, 0.15) is 43.1 Å². The molecule has 3 heterocycles. The van der Waals surface area contributed by atoms with Crippen molar-refractivity contribution in [1.82, 2.24) is 14.7 Å². The number of aromatic nitrogens is 2. The molecule has 3 aromatic rings. The Balaban J connectivity index is 1.80. The van der Waals surface area contributed by atoms with Gasteiger partial charge in [-0.2, -0.15) is 13.7 Å². The maximum atomic E-state index is 13.4. The lowest BCUT2D eigenvalue weighted by Gasteiger charge is -2.33. The van der Waals surface area contributed by atoms with Crippen molar-refractivity contribution in [3.63, 3.8) is 0 Å². The lowest BCUT2D eigenvalue weighted by molar-refractivity contribution is 0.0981. The third-order valence-corrected chi connectivity index (χ3v) is 7.24. The molecule has 1 aliphatic rings. The molecule has 10 heteroatoms. The first-order valence-electron chi connectivity index (χ1n) is 11.1. The van der Waals surface area contributed by atoms with Gasteiger partial charge in [-0.05, 0) is 62.1 Å². The molecular weight excluding hydrogens is 464 g/mol. The fraction of sp³-hybridized carbons (Fsp3) is 0.280. The smallest absolute Gasteiger partial charge is 0.281 e. The Morgan fingerprint density at radius 2 is 1.94 bits per heavy atom. The van der Waals surface area contributed by atoms with Gasteiger partial charge in [-0.3, -0.25) is 4.79 Å². The number of nitrogens with two attached hydrogens (primary N) is 1. The number of pyridine rings is 2. The van der Waals surface area contributed by atoms with Gasteiger partial charge < -0.3 is 10.6 Å². The summed E-state index contributed by atoms with van der Waals surface area (Å²) in [6, 6.07) is 14.8. The molecule has 1 amide bonds. The highest BCUT2D eigenvalue weighted by Crippen LogP contribution is 2.38. The van der Waals surface area contributed by atoms with Gasteiger partial charge in [0.1, 0.15) is 11.6 Å². The lowest BCUT2D eigenvalue weighted by atomic mass is 9.97. The van der Waals surface area contributed by atoms with Crippen molar-refractivity contribution in [3.8, 4) is 17.2 Å². The van der Waals surface area contributed by atoms with Gasteiger partial charge in [0.25, 0.3) is 15.9 Å². The fourth-order valence-electron chi connectivity index (χ4n) is 4.54. The molecule has 9 nitrogen and oxygen atoms in total. The second-order valence-corrected chi connectivity index (χ2v) is 11.0. The highest BCUT2D eigenvalue weighted by atomic mass is 32.2. The molecule has 1 aliphatic heterocycles. The number of carbonyl (C=O) groups excluding carboxylic acids is 1. The van der Waals surface area contributed by atoms with Gasteiger partial charge in [0, 0.05) is 23.8 Å². The summed E-state index contributed by atoms with van der Waals surface area (Å²) in [5.74, 6) is -0.0390. The molecule has 1 unspecified atom stereocenters. The van der Waals surface area contributed by atoms with Crippen molar-refractivity contribution in [2.75, 3.05) is 17.2 Å². The summed E-state index contributed by atoms with van der Waals surface area (Å²) in [5, 5.41) is 8.91. The Kier molecular flexibility index (Phi) is 6.21. The second kappa shape index (κ2) is 9.00. The minimum Gasteiger partial charge on any atom is -0.384 e. The summed E-state index contributed by atoms with van der Waals surface area (Å²) in [4.78, 5) is 23.9. The minimum absolute atomic E-state index is 0.0230. The molecule has 2 aromatic heterocycles. The van der Waals surface area contributed by atoms with E-state index in [1.807, 2.05) is 4.90 Å². The predicted octanol–water partition coefficient (Wildman–Crippen LogP) is 3.34. The summed E-state index contributed by atoms with van der Waals surface area (Å²) in [6.45, 7) is 6.93. The molecule has 0 aliphatic carbocycles. The number of carbonyl (C=O) groups is 1. The number of nitrogens with zero attached hydrogens (tertiary/aromatic N) is 4. The third-order valence-electron chi connectivity index (χ3n) is 6.01. The molecule has 180 valence electrons. The van der Waals surface area contributed by atoms with Crippen LogP contribution in [-0.4, -0.2) is 36.4 Å². The van der Waals surface area contributed by atoms with Gasteiger partial charge in [-0.15, -0.1) is 0 Å². The van der Waals surface area contributed by atoms with E-state index < -0.39 is 15.9 Å². The highest BCUT2D eigenvalue weighted by molar-refractivity contribution is 7.90. The largest absolute Gasteiger partial charge is 0.384 e.